The molecule has 0 aliphatic heterocycles. The molecular weight excluding hydrogens is 278 g/mol. The Bertz CT molecular complexity index is 729. The van der Waals surface area contributed by atoms with Gasteiger partial charge >= 0.3 is 0 Å². The summed E-state index contributed by atoms with van der Waals surface area (Å²) in [6, 6.07) is 7.77. The van der Waals surface area contributed by atoms with Crippen molar-refractivity contribution in [2.75, 3.05) is 17.6 Å². The van der Waals surface area contributed by atoms with Gasteiger partial charge < -0.3 is 10.5 Å². The molecule has 0 aliphatic carbocycles. The van der Waals surface area contributed by atoms with Crippen molar-refractivity contribution in [1.82, 2.24) is 4.98 Å². The van der Waals surface area contributed by atoms with Crippen molar-refractivity contribution in [2.24, 2.45) is 0 Å². The van der Waals surface area contributed by atoms with Gasteiger partial charge in [0.05, 0.1) is 7.11 Å². The van der Waals surface area contributed by atoms with Crippen LogP contribution in [0.15, 0.2) is 41.4 Å². The lowest BCUT2D eigenvalue weighted by molar-refractivity contribution is 0.403. The van der Waals surface area contributed by atoms with Crippen molar-refractivity contribution in [3.63, 3.8) is 0 Å². The van der Waals surface area contributed by atoms with E-state index in [1.807, 2.05) is 6.92 Å². The fraction of sp³-hybridized carbons (Fsp3) is 0.154. The van der Waals surface area contributed by atoms with Gasteiger partial charge in [-0.1, -0.05) is 0 Å². The molecule has 1 aromatic heterocycles. The first kappa shape index (κ1) is 14.1. The van der Waals surface area contributed by atoms with Gasteiger partial charge in [0.15, 0.2) is 0 Å². The zero-order chi connectivity index (χ0) is 14.8. The third-order valence-electron chi connectivity index (χ3n) is 2.63. The number of rotatable bonds is 4. The first-order chi connectivity index (χ1) is 9.42. The first-order valence-corrected chi connectivity index (χ1v) is 7.29. The van der Waals surface area contributed by atoms with Gasteiger partial charge in [0, 0.05) is 18.0 Å². The van der Waals surface area contributed by atoms with Crippen LogP contribution in [0.4, 0.5) is 11.5 Å². The summed E-state index contributed by atoms with van der Waals surface area (Å²) in [5, 5.41) is 0. The number of hydrogen-bond donors (Lipinski definition) is 2. The average Bonchev–Trinajstić information content (AvgIpc) is 2.37. The van der Waals surface area contributed by atoms with E-state index in [2.05, 4.69) is 9.71 Å². The molecular formula is C13H15N3O3S. The molecule has 0 saturated heterocycles. The normalized spacial score (nSPS) is 11.1. The van der Waals surface area contributed by atoms with Gasteiger partial charge in [0.2, 0.25) is 0 Å². The molecule has 0 spiro atoms. The Hall–Kier alpha value is -2.28. The molecule has 0 atom stereocenters. The van der Waals surface area contributed by atoms with Crippen LogP contribution in [0.2, 0.25) is 0 Å². The number of benzene rings is 1. The zero-order valence-electron chi connectivity index (χ0n) is 11.1. The largest absolute Gasteiger partial charge is 0.495 e. The molecule has 6 nitrogen and oxygen atoms in total. The Labute approximate surface area is 117 Å². The molecule has 0 aliphatic rings. The lowest BCUT2D eigenvalue weighted by Gasteiger charge is -2.11. The molecule has 0 radical (unpaired) electrons. The van der Waals surface area contributed by atoms with Crippen LogP contribution in [0.3, 0.4) is 0 Å². The van der Waals surface area contributed by atoms with E-state index in [0.717, 1.165) is 5.56 Å². The van der Waals surface area contributed by atoms with Crippen molar-refractivity contribution in [1.29, 1.82) is 0 Å². The lowest BCUT2D eigenvalue weighted by Crippen LogP contribution is -2.15. The summed E-state index contributed by atoms with van der Waals surface area (Å²) >= 11 is 0. The quantitative estimate of drug-likeness (QED) is 0.838. The van der Waals surface area contributed by atoms with Crippen LogP contribution >= 0.6 is 0 Å². The van der Waals surface area contributed by atoms with Crippen LogP contribution in [-0.4, -0.2) is 20.5 Å². The molecule has 2 aromatic rings. The minimum absolute atomic E-state index is 0.0116. The monoisotopic (exact) mass is 293 g/mol. The maximum atomic E-state index is 12.3. The number of nitrogens with two attached hydrogens (primary N) is 1. The van der Waals surface area contributed by atoms with E-state index in [1.54, 1.807) is 12.1 Å². The highest BCUT2D eigenvalue weighted by Crippen LogP contribution is 2.27. The number of hydrogen-bond acceptors (Lipinski definition) is 5. The number of methoxy groups -OCH3 is 1. The summed E-state index contributed by atoms with van der Waals surface area (Å²) in [5.74, 6) is 0.439. The summed E-state index contributed by atoms with van der Waals surface area (Å²) < 4.78 is 32.1. The van der Waals surface area contributed by atoms with Crippen molar-refractivity contribution < 1.29 is 13.2 Å². The maximum Gasteiger partial charge on any atom is 0.266 e. The predicted octanol–water partition coefficient (Wildman–Crippen LogP) is 1.78. The fourth-order valence-electron chi connectivity index (χ4n) is 1.69. The Balaban J connectivity index is 2.40. The van der Waals surface area contributed by atoms with Crippen molar-refractivity contribution >= 4 is 21.5 Å². The summed E-state index contributed by atoms with van der Waals surface area (Å²) in [6.45, 7) is 1.85. The van der Waals surface area contributed by atoms with Crippen molar-refractivity contribution in [3.8, 4) is 5.75 Å². The van der Waals surface area contributed by atoms with Gasteiger partial charge in [-0.2, -0.15) is 0 Å². The van der Waals surface area contributed by atoms with E-state index in [0.29, 0.717) is 5.69 Å². The number of aromatic nitrogens is 1. The number of nitrogen functional groups attached to an aromatic ring is 1. The zero-order valence-corrected chi connectivity index (χ0v) is 11.9. The van der Waals surface area contributed by atoms with E-state index in [1.165, 1.54) is 31.5 Å². The lowest BCUT2D eigenvalue weighted by atomic mass is 10.3. The van der Waals surface area contributed by atoms with Crippen LogP contribution in [0.5, 0.6) is 5.75 Å². The van der Waals surface area contributed by atoms with Crippen LogP contribution in [0, 0.1) is 6.92 Å². The van der Waals surface area contributed by atoms with Crippen molar-refractivity contribution in [2.45, 2.75) is 11.8 Å². The van der Waals surface area contributed by atoms with Crippen LogP contribution < -0.4 is 15.2 Å². The molecule has 106 valence electrons. The number of nitrogens with one attached hydrogen (secondary N) is 1. The standard InChI is InChI=1S/C13H15N3O3S/c1-9-5-6-15-13(7-9)16-20(17,18)12-4-3-10(14)8-11(12)19-2/h3-8H,14H2,1-2H3,(H,15,16). The molecule has 0 fully saturated rings. The van der Waals surface area contributed by atoms with Crippen LogP contribution in [0.1, 0.15) is 5.56 Å². The number of anilines is 2. The van der Waals surface area contributed by atoms with Gasteiger partial charge in [-0.05, 0) is 36.8 Å². The third-order valence-corrected chi connectivity index (χ3v) is 4.03. The van der Waals surface area contributed by atoms with Crippen LogP contribution in [0.25, 0.3) is 0 Å². The van der Waals surface area contributed by atoms with Gasteiger partial charge in [-0.15, -0.1) is 0 Å². The van der Waals surface area contributed by atoms with Gasteiger partial charge in [0.25, 0.3) is 10.0 Å². The highest BCUT2D eigenvalue weighted by Gasteiger charge is 2.20. The third kappa shape index (κ3) is 3.00. The second-order valence-corrected chi connectivity index (χ2v) is 5.89. The fourth-order valence-corrected chi connectivity index (χ4v) is 2.84. The summed E-state index contributed by atoms with van der Waals surface area (Å²) in [4.78, 5) is 3.98. The molecule has 20 heavy (non-hydrogen) atoms. The van der Waals surface area contributed by atoms with Gasteiger partial charge in [-0.3, -0.25) is 4.72 Å². The Morgan fingerprint density at radius 3 is 2.65 bits per heavy atom. The minimum Gasteiger partial charge on any atom is -0.495 e. The molecule has 1 heterocycles. The molecule has 2 rings (SSSR count). The Morgan fingerprint density at radius 1 is 1.25 bits per heavy atom. The molecule has 0 bridgehead atoms. The SMILES string of the molecule is COc1cc(N)ccc1S(=O)(=O)Nc1cc(C)ccn1. The molecule has 0 unspecified atom stereocenters. The second-order valence-electron chi connectivity index (χ2n) is 4.23. The summed E-state index contributed by atoms with van der Waals surface area (Å²) in [7, 11) is -2.40. The second kappa shape index (κ2) is 5.38. The topological polar surface area (TPSA) is 94.3 Å². The predicted molar refractivity (Wildman–Crippen MR) is 77.2 cm³/mol. The maximum absolute atomic E-state index is 12.3. The number of aryl methyl sites for hydroxylation is 1. The summed E-state index contributed by atoms with van der Waals surface area (Å²) in [5.41, 5.74) is 6.94. The van der Waals surface area contributed by atoms with Crippen molar-refractivity contribution in [3.05, 3.63) is 42.1 Å². The number of sulfonamides is 1. The molecule has 7 heteroatoms. The molecule has 0 saturated carbocycles. The average molecular weight is 293 g/mol. The highest BCUT2D eigenvalue weighted by atomic mass is 32.2. The molecule has 3 N–H and O–H groups in total. The first-order valence-electron chi connectivity index (χ1n) is 5.81. The Kier molecular flexibility index (Phi) is 3.80. The Morgan fingerprint density at radius 2 is 2.00 bits per heavy atom. The molecule has 0 amide bonds. The van der Waals surface area contributed by atoms with E-state index in [4.69, 9.17) is 10.5 Å². The van der Waals surface area contributed by atoms with E-state index >= 15 is 0 Å². The summed E-state index contributed by atoms with van der Waals surface area (Å²) in [6.07, 6.45) is 1.54. The number of pyridine rings is 1. The number of nitrogens with zero attached hydrogens (tertiary/aromatic N) is 1. The molecule has 1 aromatic carbocycles. The van der Waals surface area contributed by atoms with Gasteiger partial charge in [0.1, 0.15) is 16.5 Å². The smallest absolute Gasteiger partial charge is 0.266 e. The minimum atomic E-state index is -3.78. The van der Waals surface area contributed by atoms with E-state index in [-0.39, 0.29) is 16.5 Å². The number of ether oxygens (including phenoxy) is 1. The van der Waals surface area contributed by atoms with Crippen LogP contribution in [-0.2, 0) is 10.0 Å². The van der Waals surface area contributed by atoms with E-state index in [9.17, 15) is 8.42 Å². The highest BCUT2D eigenvalue weighted by molar-refractivity contribution is 7.92. The van der Waals surface area contributed by atoms with Gasteiger partial charge in [-0.25, -0.2) is 13.4 Å². The van der Waals surface area contributed by atoms with E-state index < -0.39 is 10.0 Å².